The molecule has 6 nitrogen and oxygen atoms in total. The molecule has 31 heavy (non-hydrogen) atoms. The van der Waals surface area contributed by atoms with Gasteiger partial charge in [0.1, 0.15) is 11.3 Å². The third kappa shape index (κ3) is 6.10. The standard InChI is InChI=1S/C24H34N2O4S/c1-31(28,29)17-24(27)25-20-7-5-18(6-8-20)9-13-26-14-10-19(11-15-26)21-3-2-4-23-22(21)12-16-30-23/h2-4,12,16,18-20H,5-11,13-15,17H2,1H3,(H,25,27). The van der Waals surface area contributed by atoms with Crippen molar-refractivity contribution in [3.63, 3.8) is 0 Å². The van der Waals surface area contributed by atoms with Crippen molar-refractivity contribution >= 4 is 26.7 Å². The van der Waals surface area contributed by atoms with Gasteiger partial charge in [0, 0.05) is 17.7 Å². The first-order valence-electron chi connectivity index (χ1n) is 11.5. The SMILES string of the molecule is CS(=O)(=O)CC(=O)NC1CCC(CCN2CCC(c3cccc4occc34)CC2)CC1. The lowest BCUT2D eigenvalue weighted by Crippen LogP contribution is -2.41. The number of piperidine rings is 1. The molecule has 4 rings (SSSR count). The Balaban J connectivity index is 1.16. The molecular weight excluding hydrogens is 412 g/mol. The van der Waals surface area contributed by atoms with Crippen molar-refractivity contribution in [1.82, 2.24) is 10.2 Å². The lowest BCUT2D eigenvalue weighted by atomic mass is 9.83. The molecule has 1 amide bonds. The molecule has 0 spiro atoms. The Labute approximate surface area is 185 Å². The predicted molar refractivity (Wildman–Crippen MR) is 123 cm³/mol. The fourth-order valence-electron chi connectivity index (χ4n) is 5.31. The van der Waals surface area contributed by atoms with Crippen LogP contribution in [0.15, 0.2) is 34.9 Å². The van der Waals surface area contributed by atoms with Crippen molar-refractivity contribution in [2.75, 3.05) is 31.6 Å². The van der Waals surface area contributed by atoms with Crippen LogP contribution in [0.4, 0.5) is 0 Å². The van der Waals surface area contributed by atoms with Crippen LogP contribution in [0.1, 0.15) is 56.4 Å². The molecule has 1 aliphatic carbocycles. The molecule has 0 atom stereocenters. The minimum atomic E-state index is -3.26. The summed E-state index contributed by atoms with van der Waals surface area (Å²) in [5, 5.41) is 4.16. The molecule has 2 heterocycles. The molecule has 170 valence electrons. The second-order valence-corrected chi connectivity index (χ2v) is 11.6. The van der Waals surface area contributed by atoms with Crippen LogP contribution >= 0.6 is 0 Å². The average Bonchev–Trinajstić information content (AvgIpc) is 3.21. The highest BCUT2D eigenvalue weighted by atomic mass is 32.2. The highest BCUT2D eigenvalue weighted by molar-refractivity contribution is 7.91. The van der Waals surface area contributed by atoms with Gasteiger partial charge in [-0.15, -0.1) is 0 Å². The summed E-state index contributed by atoms with van der Waals surface area (Å²) in [5.74, 6) is 0.557. The van der Waals surface area contributed by atoms with E-state index in [0.717, 1.165) is 57.2 Å². The van der Waals surface area contributed by atoms with E-state index in [1.165, 1.54) is 30.2 Å². The summed E-state index contributed by atoms with van der Waals surface area (Å²) >= 11 is 0. The van der Waals surface area contributed by atoms with E-state index in [0.29, 0.717) is 11.8 Å². The average molecular weight is 447 g/mol. The number of carbonyl (C=O) groups excluding carboxylic acids is 1. The van der Waals surface area contributed by atoms with Gasteiger partial charge in [-0.3, -0.25) is 4.79 Å². The number of carbonyl (C=O) groups is 1. The van der Waals surface area contributed by atoms with Gasteiger partial charge in [-0.2, -0.15) is 0 Å². The van der Waals surface area contributed by atoms with Crippen molar-refractivity contribution in [2.45, 2.75) is 56.9 Å². The Kier molecular flexibility index (Phi) is 7.02. The van der Waals surface area contributed by atoms with E-state index >= 15 is 0 Å². The summed E-state index contributed by atoms with van der Waals surface area (Å²) in [7, 11) is -3.26. The molecule has 0 radical (unpaired) electrons. The van der Waals surface area contributed by atoms with Gasteiger partial charge in [0.05, 0.1) is 6.26 Å². The molecular formula is C24H34N2O4S. The summed E-state index contributed by atoms with van der Waals surface area (Å²) in [6.07, 6.45) is 10.6. The lowest BCUT2D eigenvalue weighted by Gasteiger charge is -2.34. The summed E-state index contributed by atoms with van der Waals surface area (Å²) < 4.78 is 28.1. The molecule has 2 aromatic rings. The zero-order valence-electron chi connectivity index (χ0n) is 18.4. The second-order valence-electron chi connectivity index (χ2n) is 9.44. The minimum absolute atomic E-state index is 0.131. The van der Waals surface area contributed by atoms with Crippen LogP contribution in [0.5, 0.6) is 0 Å². The number of benzene rings is 1. The lowest BCUT2D eigenvalue weighted by molar-refractivity contribution is -0.119. The summed E-state index contributed by atoms with van der Waals surface area (Å²) in [4.78, 5) is 14.4. The fourth-order valence-corrected chi connectivity index (χ4v) is 5.87. The van der Waals surface area contributed by atoms with E-state index in [-0.39, 0.29) is 11.9 Å². The molecule has 1 aromatic carbocycles. The number of amides is 1. The fraction of sp³-hybridized carbons (Fsp3) is 0.625. The molecule has 2 aliphatic rings. The van der Waals surface area contributed by atoms with Crippen LogP contribution in [0, 0.1) is 5.92 Å². The first-order chi connectivity index (χ1) is 14.9. The van der Waals surface area contributed by atoms with E-state index in [2.05, 4.69) is 28.4 Å². The van der Waals surface area contributed by atoms with Gasteiger partial charge in [0.25, 0.3) is 0 Å². The zero-order chi connectivity index (χ0) is 21.8. The zero-order valence-corrected chi connectivity index (χ0v) is 19.2. The number of likely N-dealkylation sites (tertiary alicyclic amines) is 1. The quantitative estimate of drug-likeness (QED) is 0.701. The number of fused-ring (bicyclic) bond motifs is 1. The minimum Gasteiger partial charge on any atom is -0.464 e. The Bertz CT molecular complexity index is 984. The molecule has 0 bridgehead atoms. The monoisotopic (exact) mass is 446 g/mol. The number of hydrogen-bond donors (Lipinski definition) is 1. The topological polar surface area (TPSA) is 79.6 Å². The molecule has 1 aromatic heterocycles. The molecule has 7 heteroatoms. The first kappa shape index (κ1) is 22.3. The van der Waals surface area contributed by atoms with E-state index in [4.69, 9.17) is 4.42 Å². The van der Waals surface area contributed by atoms with Gasteiger partial charge in [0.15, 0.2) is 9.84 Å². The van der Waals surface area contributed by atoms with Crippen molar-refractivity contribution in [1.29, 1.82) is 0 Å². The van der Waals surface area contributed by atoms with Gasteiger partial charge in [0.2, 0.25) is 5.91 Å². The Morgan fingerprint density at radius 1 is 1.10 bits per heavy atom. The number of rotatable bonds is 7. The molecule has 1 saturated heterocycles. The third-order valence-electron chi connectivity index (χ3n) is 7.02. The summed E-state index contributed by atoms with van der Waals surface area (Å²) in [6.45, 7) is 3.45. The van der Waals surface area contributed by atoms with Crippen LogP contribution in [-0.4, -0.2) is 56.9 Å². The van der Waals surface area contributed by atoms with Gasteiger partial charge >= 0.3 is 0 Å². The van der Waals surface area contributed by atoms with Crippen molar-refractivity contribution in [2.24, 2.45) is 5.92 Å². The maximum atomic E-state index is 11.8. The molecule has 1 aliphatic heterocycles. The van der Waals surface area contributed by atoms with Crippen LogP contribution in [-0.2, 0) is 14.6 Å². The number of nitrogens with zero attached hydrogens (tertiary/aromatic N) is 1. The van der Waals surface area contributed by atoms with Crippen LogP contribution in [0.2, 0.25) is 0 Å². The molecule has 2 fully saturated rings. The van der Waals surface area contributed by atoms with Crippen molar-refractivity contribution in [3.05, 3.63) is 36.1 Å². The number of furan rings is 1. The van der Waals surface area contributed by atoms with Crippen molar-refractivity contribution in [3.8, 4) is 0 Å². The molecule has 1 saturated carbocycles. The van der Waals surface area contributed by atoms with Gasteiger partial charge in [-0.25, -0.2) is 8.42 Å². The van der Waals surface area contributed by atoms with Crippen molar-refractivity contribution < 1.29 is 17.6 Å². The molecule has 0 unspecified atom stereocenters. The van der Waals surface area contributed by atoms with Crippen LogP contribution in [0.3, 0.4) is 0 Å². The van der Waals surface area contributed by atoms with Gasteiger partial charge < -0.3 is 14.6 Å². The van der Waals surface area contributed by atoms with E-state index in [1.54, 1.807) is 6.26 Å². The van der Waals surface area contributed by atoms with E-state index < -0.39 is 15.6 Å². The second kappa shape index (κ2) is 9.74. The maximum Gasteiger partial charge on any atom is 0.235 e. The van der Waals surface area contributed by atoms with E-state index in [9.17, 15) is 13.2 Å². The highest BCUT2D eigenvalue weighted by Gasteiger charge is 2.26. The van der Waals surface area contributed by atoms with Gasteiger partial charge in [-0.1, -0.05) is 12.1 Å². The van der Waals surface area contributed by atoms with Crippen LogP contribution < -0.4 is 5.32 Å². The van der Waals surface area contributed by atoms with E-state index in [1.807, 2.05) is 6.07 Å². The number of hydrogen-bond acceptors (Lipinski definition) is 5. The van der Waals surface area contributed by atoms with Gasteiger partial charge in [-0.05, 0) is 94.1 Å². The smallest absolute Gasteiger partial charge is 0.235 e. The number of nitrogens with one attached hydrogen (secondary N) is 1. The van der Waals surface area contributed by atoms with Crippen LogP contribution in [0.25, 0.3) is 11.0 Å². The highest BCUT2D eigenvalue weighted by Crippen LogP contribution is 2.34. The summed E-state index contributed by atoms with van der Waals surface area (Å²) in [5.41, 5.74) is 2.42. The Hall–Kier alpha value is -1.86. The number of sulfone groups is 1. The maximum absolute atomic E-state index is 11.8. The first-order valence-corrected chi connectivity index (χ1v) is 13.6. The Morgan fingerprint density at radius 3 is 2.55 bits per heavy atom. The predicted octanol–water partition coefficient (Wildman–Crippen LogP) is 3.72. The summed E-state index contributed by atoms with van der Waals surface area (Å²) in [6, 6.07) is 8.63. The molecule has 1 N–H and O–H groups in total. The normalized spacial score (nSPS) is 23.8. The largest absolute Gasteiger partial charge is 0.464 e. The third-order valence-corrected chi connectivity index (χ3v) is 7.80. The Morgan fingerprint density at radius 2 is 1.84 bits per heavy atom.